The fourth-order valence-electron chi connectivity index (χ4n) is 8.11. The Labute approximate surface area is 366 Å². The van der Waals surface area contributed by atoms with Crippen LogP contribution in [0.2, 0.25) is 0 Å². The number of carbonyl (C=O) groups excluding carboxylic acids is 1. The van der Waals surface area contributed by atoms with Crippen LogP contribution in [0.25, 0.3) is 0 Å². The largest absolute Gasteiger partial charge is 0.477 e. The van der Waals surface area contributed by atoms with Crippen molar-refractivity contribution < 1.29 is 144 Å². The maximum Gasteiger partial charge on any atom is 0.364 e. The molecule has 378 valence electrons. The Hall–Kier alpha value is -2.10. The summed E-state index contributed by atoms with van der Waals surface area (Å²) in [6.45, 7) is -4.22. The van der Waals surface area contributed by atoms with E-state index in [1.165, 1.54) is 0 Å². The van der Waals surface area contributed by atoms with Gasteiger partial charge >= 0.3 is 5.97 Å². The molecule has 0 spiro atoms. The molecule has 0 unspecified atom stereocenters. The van der Waals surface area contributed by atoms with E-state index in [4.69, 9.17) is 42.6 Å². The lowest BCUT2D eigenvalue weighted by molar-refractivity contribution is -0.391. The minimum absolute atomic E-state index is 0.884. The van der Waals surface area contributed by atoms with Crippen LogP contribution in [0.5, 0.6) is 0 Å². The molecule has 5 aliphatic rings. The standard InChI is InChI=1S/C35H59NO29/c1-8(42)36-15-27(63-33-24(53)29(19(48)12(5-39)59-33)65-35(34(55)56)2-9(43)16(45)28(64-35)17(46)10(44)3-37)18(47)11(4-38)58-31(15)61-26-14(7-41)60-32(23(52)21(26)50)62-25-13(6-40)57-30(54)22(51)20(25)49/h9-33,37-41,43-54H,2-7H2,1H3,(H,36,42)(H,55,56)/t9-,10+,11+,12+,13+,14+,15+,16+,17+,18-,19-,20+,21+,22+,23+,24+,25+,26-,27+,28+,29-,30+,31-,32-,33-,35-/m0/s1. The van der Waals surface area contributed by atoms with Gasteiger partial charge in [-0.2, -0.15) is 0 Å². The van der Waals surface area contributed by atoms with Crippen molar-refractivity contribution in [1.82, 2.24) is 5.32 Å². The molecule has 1 amide bonds. The Morgan fingerprint density at radius 2 is 1.08 bits per heavy atom. The fraction of sp³-hybridized carbons (Fsp3) is 0.943. The van der Waals surface area contributed by atoms with Crippen LogP contribution < -0.4 is 5.32 Å². The van der Waals surface area contributed by atoms with E-state index in [1.54, 1.807) is 0 Å². The van der Waals surface area contributed by atoms with E-state index in [-0.39, 0.29) is 0 Å². The Kier molecular flexibility index (Phi) is 18.7. The van der Waals surface area contributed by atoms with Gasteiger partial charge in [0.15, 0.2) is 25.2 Å². The van der Waals surface area contributed by atoms with Crippen molar-refractivity contribution in [1.29, 1.82) is 0 Å². The van der Waals surface area contributed by atoms with Crippen LogP contribution in [0.3, 0.4) is 0 Å². The van der Waals surface area contributed by atoms with E-state index in [9.17, 15) is 102 Å². The van der Waals surface area contributed by atoms with Crippen LogP contribution in [0.15, 0.2) is 0 Å². The highest BCUT2D eigenvalue weighted by molar-refractivity contribution is 5.76. The fourth-order valence-corrected chi connectivity index (χ4v) is 8.11. The molecule has 30 heteroatoms. The van der Waals surface area contributed by atoms with Crippen LogP contribution in [0.4, 0.5) is 0 Å². The summed E-state index contributed by atoms with van der Waals surface area (Å²) in [4.78, 5) is 25.4. The van der Waals surface area contributed by atoms with Gasteiger partial charge in [-0.15, -0.1) is 0 Å². The summed E-state index contributed by atoms with van der Waals surface area (Å²) in [7, 11) is 0. The molecule has 0 aliphatic carbocycles. The molecule has 5 saturated heterocycles. The molecular formula is C35H59NO29. The smallest absolute Gasteiger partial charge is 0.364 e. The number of carboxylic acid groups (broad SMARTS) is 1. The van der Waals surface area contributed by atoms with E-state index in [2.05, 4.69) is 5.32 Å². The second kappa shape index (κ2) is 22.5. The van der Waals surface area contributed by atoms with Gasteiger partial charge < -0.3 is 140 Å². The van der Waals surface area contributed by atoms with Gasteiger partial charge in [0.25, 0.3) is 5.79 Å². The molecule has 0 bridgehead atoms. The van der Waals surface area contributed by atoms with Gasteiger partial charge in [-0.05, 0) is 0 Å². The van der Waals surface area contributed by atoms with Crippen molar-refractivity contribution in [3.8, 4) is 0 Å². The first-order valence-corrected chi connectivity index (χ1v) is 20.2. The number of hydrogen-bond acceptors (Lipinski definition) is 28. The molecule has 0 radical (unpaired) electrons. The van der Waals surface area contributed by atoms with E-state index in [1.807, 2.05) is 0 Å². The maximum atomic E-state index is 12.7. The summed E-state index contributed by atoms with van der Waals surface area (Å²) in [5, 5.41) is 191. The van der Waals surface area contributed by atoms with E-state index in [0.717, 1.165) is 6.92 Å². The molecule has 5 rings (SSSR count). The Bertz CT molecular complexity index is 1530. The zero-order chi connectivity index (χ0) is 48.4. The second-order valence-corrected chi connectivity index (χ2v) is 16.1. The molecule has 0 aromatic carbocycles. The summed E-state index contributed by atoms with van der Waals surface area (Å²) < 4.78 is 50.2. The number of rotatable bonds is 17. The molecule has 5 aliphatic heterocycles. The SMILES string of the molecule is CC(=O)N[C@H]1[C@H](O[C@@H]2[C@H](O)[C@@H](O)[C@H](O[C@H]3[C@H](O)[C@@H](O)[C@H](O)O[C@@H]3CO)O[C@@H]2CO)O[C@H](CO)[C@H](O)[C@@H]1O[C@@H]1O[C@H](CO)[C@H](O)[C@H](O[C@]2(C(=O)O)C[C@H](O)[C@@H](O)[C@H]([C@H](O)[C@H](O)CO)O2)[C@H]1O. The van der Waals surface area contributed by atoms with Gasteiger partial charge in [0, 0.05) is 13.3 Å². The third-order valence-electron chi connectivity index (χ3n) is 11.7. The van der Waals surface area contributed by atoms with Crippen molar-refractivity contribution in [2.45, 2.75) is 172 Å². The summed E-state index contributed by atoms with van der Waals surface area (Å²) in [6, 6.07) is -1.81. The molecule has 5 heterocycles. The quantitative estimate of drug-likeness (QED) is 0.0643. The monoisotopic (exact) mass is 957 g/mol. The van der Waals surface area contributed by atoms with Crippen molar-refractivity contribution in [2.75, 3.05) is 33.0 Å². The first-order chi connectivity index (χ1) is 30.6. The summed E-state index contributed by atoms with van der Waals surface area (Å²) in [5.74, 6) is -6.15. The van der Waals surface area contributed by atoms with Crippen molar-refractivity contribution in [2.24, 2.45) is 0 Å². The molecule has 0 aromatic heterocycles. The number of carbonyl (C=O) groups is 2. The van der Waals surface area contributed by atoms with Crippen LogP contribution in [-0.4, -0.2) is 296 Å². The van der Waals surface area contributed by atoms with Crippen molar-refractivity contribution >= 4 is 11.9 Å². The minimum Gasteiger partial charge on any atom is -0.477 e. The third kappa shape index (κ3) is 11.2. The Morgan fingerprint density at radius 1 is 0.600 bits per heavy atom. The molecule has 19 N–H and O–H groups in total. The lowest BCUT2D eigenvalue weighted by Crippen LogP contribution is -2.71. The highest BCUT2D eigenvalue weighted by Crippen LogP contribution is 2.39. The Balaban J connectivity index is 1.41. The van der Waals surface area contributed by atoms with Gasteiger partial charge in [0.2, 0.25) is 5.91 Å². The number of aliphatic carboxylic acids is 1. The van der Waals surface area contributed by atoms with Gasteiger partial charge in [0.05, 0.1) is 39.1 Å². The molecule has 65 heavy (non-hydrogen) atoms. The minimum atomic E-state index is -3.18. The number of nitrogens with one attached hydrogen (secondary N) is 1. The van der Waals surface area contributed by atoms with Gasteiger partial charge in [-0.1, -0.05) is 0 Å². The lowest BCUT2D eigenvalue weighted by Gasteiger charge is -2.51. The first kappa shape index (κ1) is 53.8. The van der Waals surface area contributed by atoms with Gasteiger partial charge in [-0.25, -0.2) is 4.79 Å². The molecule has 26 atom stereocenters. The Morgan fingerprint density at radius 3 is 1.62 bits per heavy atom. The van der Waals surface area contributed by atoms with E-state index in [0.29, 0.717) is 0 Å². The molecule has 0 saturated carbocycles. The topological polar surface area (TPSA) is 493 Å². The average Bonchev–Trinajstić information content (AvgIpc) is 3.27. The average molecular weight is 958 g/mol. The van der Waals surface area contributed by atoms with Crippen LogP contribution >= 0.6 is 0 Å². The predicted molar refractivity (Wildman–Crippen MR) is 195 cm³/mol. The van der Waals surface area contributed by atoms with Gasteiger partial charge in [-0.3, -0.25) is 4.79 Å². The van der Waals surface area contributed by atoms with Crippen molar-refractivity contribution in [3.05, 3.63) is 0 Å². The summed E-state index contributed by atoms with van der Waals surface area (Å²) in [5.41, 5.74) is 0. The highest BCUT2D eigenvalue weighted by Gasteiger charge is 2.61. The number of carboxylic acids is 1. The molecule has 30 nitrogen and oxygen atoms in total. The maximum absolute atomic E-state index is 12.7. The zero-order valence-electron chi connectivity index (χ0n) is 34.2. The van der Waals surface area contributed by atoms with E-state index < -0.39 is 210 Å². The van der Waals surface area contributed by atoms with Gasteiger partial charge in [0.1, 0.15) is 122 Å². The second-order valence-electron chi connectivity index (χ2n) is 16.1. The van der Waals surface area contributed by atoms with Crippen LogP contribution in [0.1, 0.15) is 13.3 Å². The van der Waals surface area contributed by atoms with Crippen LogP contribution in [-0.2, 0) is 52.2 Å². The number of ether oxygens (including phenoxy) is 9. The number of aliphatic hydroxyl groups excluding tert-OH is 17. The third-order valence-corrected chi connectivity index (χ3v) is 11.7. The summed E-state index contributed by atoms with van der Waals surface area (Å²) in [6.07, 6.45) is -49.4. The zero-order valence-corrected chi connectivity index (χ0v) is 34.2. The number of aliphatic hydroxyl groups is 17. The summed E-state index contributed by atoms with van der Waals surface area (Å²) >= 11 is 0. The lowest BCUT2D eigenvalue weighted by atomic mass is 9.90. The highest BCUT2D eigenvalue weighted by atomic mass is 16.8. The molecular weight excluding hydrogens is 898 g/mol. The first-order valence-electron chi connectivity index (χ1n) is 20.2. The number of amides is 1. The normalized spacial score (nSPS) is 48.3. The molecule has 0 aromatic rings. The predicted octanol–water partition coefficient (Wildman–Crippen LogP) is -12.6. The van der Waals surface area contributed by atoms with Crippen LogP contribution in [0, 0.1) is 0 Å². The molecule has 5 fully saturated rings. The van der Waals surface area contributed by atoms with Crippen molar-refractivity contribution in [3.63, 3.8) is 0 Å². The number of hydrogen-bond donors (Lipinski definition) is 19. The van der Waals surface area contributed by atoms with E-state index >= 15 is 0 Å².